The quantitative estimate of drug-likeness (QED) is 0.569. The highest BCUT2D eigenvalue weighted by molar-refractivity contribution is 7.89. The van der Waals surface area contributed by atoms with Gasteiger partial charge in [-0.25, -0.2) is 8.42 Å². The first-order valence-electron chi connectivity index (χ1n) is 11.5. The molecule has 180 valence electrons. The first kappa shape index (κ1) is 24.6. The fraction of sp³-hybridized carbons (Fsp3) is 0.259. The molecular weight excluding hydrogens is 460 g/mol. The smallest absolute Gasteiger partial charge is 0.246 e. The lowest BCUT2D eigenvalue weighted by atomic mass is 10.0. The minimum Gasteiger partial charge on any atom is -0.324 e. The highest BCUT2D eigenvalue weighted by Gasteiger charge is 2.35. The van der Waals surface area contributed by atoms with E-state index in [1.807, 2.05) is 73.3 Å². The van der Waals surface area contributed by atoms with E-state index in [0.717, 1.165) is 22.4 Å². The molecule has 1 heterocycles. The van der Waals surface area contributed by atoms with Gasteiger partial charge < -0.3 is 5.32 Å². The summed E-state index contributed by atoms with van der Waals surface area (Å²) < 4.78 is 27.9. The van der Waals surface area contributed by atoms with E-state index in [-0.39, 0.29) is 29.5 Å². The van der Waals surface area contributed by atoms with Crippen molar-refractivity contribution in [3.8, 4) is 6.07 Å². The third-order valence-electron chi connectivity index (χ3n) is 6.28. The van der Waals surface area contributed by atoms with Crippen molar-refractivity contribution >= 4 is 21.6 Å². The average molecular weight is 489 g/mol. The summed E-state index contributed by atoms with van der Waals surface area (Å²) in [4.78, 5) is 15.6. The minimum atomic E-state index is -3.81. The molecule has 0 saturated carbocycles. The molecule has 1 fully saturated rings. The van der Waals surface area contributed by atoms with E-state index in [2.05, 4.69) is 5.32 Å². The van der Waals surface area contributed by atoms with Crippen LogP contribution in [0.5, 0.6) is 0 Å². The fourth-order valence-electron chi connectivity index (χ4n) is 4.36. The zero-order valence-corrected chi connectivity index (χ0v) is 20.6. The van der Waals surface area contributed by atoms with Crippen molar-refractivity contribution in [2.24, 2.45) is 0 Å². The number of piperazine rings is 1. The van der Waals surface area contributed by atoms with Gasteiger partial charge in [-0.1, -0.05) is 54.6 Å². The maximum absolute atomic E-state index is 13.5. The summed E-state index contributed by atoms with van der Waals surface area (Å²) in [6.45, 7) is 5.15. The van der Waals surface area contributed by atoms with Crippen molar-refractivity contribution in [1.82, 2.24) is 9.21 Å². The molecule has 1 aliphatic rings. The standard InChI is InChI=1S/C27H28N4O3S/c1-20-12-13-21(2)24(18-20)29-27(32)26(22-8-4-3-5-9-22)30-14-16-31(17-15-30)35(33,34)25-11-7-6-10-23(25)19-28/h3-13,18,26H,14-17H2,1-2H3,(H,29,32)/t26-/m0/s1. The van der Waals surface area contributed by atoms with Crippen molar-refractivity contribution in [2.45, 2.75) is 24.8 Å². The van der Waals surface area contributed by atoms with Crippen molar-refractivity contribution < 1.29 is 13.2 Å². The Labute approximate surface area is 206 Å². The third-order valence-corrected chi connectivity index (χ3v) is 8.24. The second kappa shape index (κ2) is 10.4. The van der Waals surface area contributed by atoms with Gasteiger partial charge in [-0.2, -0.15) is 9.57 Å². The number of hydrogen-bond acceptors (Lipinski definition) is 5. The van der Waals surface area contributed by atoms with Gasteiger partial charge in [0.15, 0.2) is 0 Å². The topological polar surface area (TPSA) is 93.5 Å². The Bertz CT molecular complexity index is 1360. The molecule has 8 heteroatoms. The Morgan fingerprint density at radius 1 is 0.943 bits per heavy atom. The van der Waals surface area contributed by atoms with Crippen LogP contribution in [-0.2, 0) is 14.8 Å². The highest BCUT2D eigenvalue weighted by atomic mass is 32.2. The fourth-order valence-corrected chi connectivity index (χ4v) is 5.92. The van der Waals surface area contributed by atoms with Crippen molar-refractivity contribution in [2.75, 3.05) is 31.5 Å². The summed E-state index contributed by atoms with van der Waals surface area (Å²) in [7, 11) is -3.81. The summed E-state index contributed by atoms with van der Waals surface area (Å²) in [5.41, 5.74) is 3.78. The molecule has 1 aliphatic heterocycles. The summed E-state index contributed by atoms with van der Waals surface area (Å²) in [5.74, 6) is -0.156. The van der Waals surface area contributed by atoms with Crippen LogP contribution in [0, 0.1) is 25.2 Å². The van der Waals surface area contributed by atoms with E-state index >= 15 is 0 Å². The van der Waals surface area contributed by atoms with Crippen molar-refractivity contribution in [3.63, 3.8) is 0 Å². The molecule has 1 amide bonds. The van der Waals surface area contributed by atoms with Crippen LogP contribution in [0.25, 0.3) is 0 Å². The Morgan fingerprint density at radius 2 is 1.60 bits per heavy atom. The molecule has 0 aliphatic carbocycles. The first-order valence-corrected chi connectivity index (χ1v) is 12.9. The molecule has 1 atom stereocenters. The number of benzene rings is 3. The number of nitrogens with one attached hydrogen (secondary N) is 1. The Morgan fingerprint density at radius 3 is 2.29 bits per heavy atom. The van der Waals surface area contributed by atoms with E-state index in [4.69, 9.17) is 0 Å². The van der Waals surface area contributed by atoms with Crippen LogP contribution in [0.1, 0.15) is 28.3 Å². The maximum Gasteiger partial charge on any atom is 0.246 e. The number of nitriles is 1. The monoisotopic (exact) mass is 488 g/mol. The zero-order chi connectivity index (χ0) is 25.0. The van der Waals surface area contributed by atoms with Crippen LogP contribution < -0.4 is 5.32 Å². The van der Waals surface area contributed by atoms with Crippen LogP contribution in [0.2, 0.25) is 0 Å². The summed E-state index contributed by atoms with van der Waals surface area (Å²) >= 11 is 0. The SMILES string of the molecule is Cc1ccc(C)c(NC(=O)[C@H](c2ccccc2)N2CCN(S(=O)(=O)c3ccccc3C#N)CC2)c1. The second-order valence-electron chi connectivity index (χ2n) is 8.67. The van der Waals surface area contributed by atoms with Crippen LogP contribution in [-0.4, -0.2) is 49.7 Å². The van der Waals surface area contributed by atoms with E-state index in [1.54, 1.807) is 12.1 Å². The molecule has 0 radical (unpaired) electrons. The van der Waals surface area contributed by atoms with Crippen molar-refractivity contribution in [1.29, 1.82) is 5.26 Å². The molecule has 0 bridgehead atoms. The molecule has 0 spiro atoms. The molecule has 35 heavy (non-hydrogen) atoms. The molecule has 4 rings (SSSR count). The minimum absolute atomic E-state index is 0.0169. The largest absolute Gasteiger partial charge is 0.324 e. The molecule has 1 saturated heterocycles. The lowest BCUT2D eigenvalue weighted by Gasteiger charge is -2.38. The number of amides is 1. The second-order valence-corrected chi connectivity index (χ2v) is 10.6. The predicted molar refractivity (Wildman–Crippen MR) is 135 cm³/mol. The number of anilines is 1. The van der Waals surface area contributed by atoms with Crippen LogP contribution >= 0.6 is 0 Å². The van der Waals surface area contributed by atoms with E-state index in [1.165, 1.54) is 16.4 Å². The number of carbonyl (C=O) groups excluding carboxylic acids is 1. The van der Waals surface area contributed by atoms with Crippen molar-refractivity contribution in [3.05, 3.63) is 95.1 Å². The van der Waals surface area contributed by atoms with Crippen LogP contribution in [0.3, 0.4) is 0 Å². The van der Waals surface area contributed by atoms with Gasteiger partial charge in [-0.15, -0.1) is 0 Å². The number of aryl methyl sites for hydroxylation is 2. The molecule has 3 aromatic carbocycles. The molecule has 0 unspecified atom stereocenters. The van der Waals surface area contributed by atoms with Gasteiger partial charge in [0.05, 0.1) is 10.5 Å². The Hall–Kier alpha value is -3.51. The van der Waals surface area contributed by atoms with E-state index < -0.39 is 16.1 Å². The summed E-state index contributed by atoms with van der Waals surface area (Å²) in [6.07, 6.45) is 0. The third kappa shape index (κ3) is 5.28. The van der Waals surface area contributed by atoms with Gasteiger partial charge in [0.25, 0.3) is 0 Å². The summed E-state index contributed by atoms with van der Waals surface area (Å²) in [6, 6.07) is 23.1. The van der Waals surface area contributed by atoms with Gasteiger partial charge >= 0.3 is 0 Å². The van der Waals surface area contributed by atoms with Crippen LogP contribution in [0.15, 0.2) is 77.7 Å². The first-order chi connectivity index (χ1) is 16.8. The number of nitrogens with zero attached hydrogens (tertiary/aromatic N) is 3. The van der Waals surface area contributed by atoms with E-state index in [9.17, 15) is 18.5 Å². The molecule has 3 aromatic rings. The summed E-state index contributed by atoms with van der Waals surface area (Å²) in [5, 5.41) is 12.4. The number of carbonyl (C=O) groups is 1. The molecule has 0 aromatic heterocycles. The Balaban J connectivity index is 1.56. The lowest BCUT2D eigenvalue weighted by Crippen LogP contribution is -2.51. The normalized spacial score (nSPS) is 15.8. The number of hydrogen-bond donors (Lipinski definition) is 1. The van der Waals surface area contributed by atoms with Gasteiger partial charge in [0.1, 0.15) is 12.1 Å². The average Bonchev–Trinajstić information content (AvgIpc) is 2.87. The number of sulfonamides is 1. The van der Waals surface area contributed by atoms with Crippen LogP contribution in [0.4, 0.5) is 5.69 Å². The Kier molecular flexibility index (Phi) is 7.31. The number of rotatable bonds is 6. The highest BCUT2D eigenvalue weighted by Crippen LogP contribution is 2.28. The molecule has 1 N–H and O–H groups in total. The van der Waals surface area contributed by atoms with Gasteiger partial charge in [-0.05, 0) is 48.7 Å². The lowest BCUT2D eigenvalue weighted by molar-refractivity contribution is -0.122. The maximum atomic E-state index is 13.5. The molecular formula is C27H28N4O3S. The van der Waals surface area contributed by atoms with E-state index in [0.29, 0.717) is 13.1 Å². The van der Waals surface area contributed by atoms with Gasteiger partial charge in [0, 0.05) is 31.9 Å². The van der Waals surface area contributed by atoms with Gasteiger partial charge in [0.2, 0.25) is 15.9 Å². The predicted octanol–water partition coefficient (Wildman–Crippen LogP) is 3.86. The van der Waals surface area contributed by atoms with Gasteiger partial charge in [-0.3, -0.25) is 9.69 Å². The molecule has 7 nitrogen and oxygen atoms in total. The zero-order valence-electron chi connectivity index (χ0n) is 19.8.